The zero-order chi connectivity index (χ0) is 23.8. The highest BCUT2D eigenvalue weighted by Gasteiger charge is 2.32. The minimum atomic E-state index is -4.42. The second kappa shape index (κ2) is 9.12. The lowest BCUT2D eigenvalue weighted by atomic mass is 9.85. The van der Waals surface area contributed by atoms with Crippen LogP contribution in [0, 0.1) is 5.92 Å². The largest absolute Gasteiger partial charge is 0.438 e. The van der Waals surface area contributed by atoms with Crippen LogP contribution in [-0.2, 0) is 6.18 Å². The van der Waals surface area contributed by atoms with Crippen molar-refractivity contribution in [1.29, 1.82) is 0 Å². The molecule has 33 heavy (non-hydrogen) atoms. The Balaban J connectivity index is 1.60. The minimum Gasteiger partial charge on any atom is -0.344 e. The van der Waals surface area contributed by atoms with Crippen molar-refractivity contribution in [2.24, 2.45) is 5.92 Å². The summed E-state index contributed by atoms with van der Waals surface area (Å²) >= 11 is 1.19. The number of hydrogen-bond acceptors (Lipinski definition) is 6. The molecular weight excluding hydrogens is 460 g/mol. The van der Waals surface area contributed by atoms with Crippen LogP contribution < -0.4 is 10.7 Å². The van der Waals surface area contributed by atoms with Gasteiger partial charge in [0.25, 0.3) is 0 Å². The molecule has 0 saturated heterocycles. The number of H-pyrrole nitrogens is 1. The van der Waals surface area contributed by atoms with Gasteiger partial charge in [0.1, 0.15) is 5.83 Å². The van der Waals surface area contributed by atoms with Gasteiger partial charge in [-0.25, -0.2) is 14.2 Å². The molecule has 1 aliphatic carbocycles. The van der Waals surface area contributed by atoms with Gasteiger partial charge >= 0.3 is 11.9 Å². The van der Waals surface area contributed by atoms with Gasteiger partial charge in [0.15, 0.2) is 11.0 Å². The van der Waals surface area contributed by atoms with E-state index >= 15 is 0 Å². The molecule has 4 rings (SSSR count). The van der Waals surface area contributed by atoms with E-state index in [4.69, 9.17) is 0 Å². The van der Waals surface area contributed by atoms with E-state index in [1.807, 2.05) is 24.8 Å². The van der Waals surface area contributed by atoms with E-state index in [0.717, 1.165) is 25.0 Å². The summed E-state index contributed by atoms with van der Waals surface area (Å²) in [5.41, 5.74) is 0.497. The number of hydrogen-bond donors (Lipinski definition) is 1. The molecule has 1 aliphatic rings. The molecule has 0 radical (unpaired) electrons. The standard InChI is InChI=1S/C22H22F4N4O2S/c1-3-4-7-30(20-27-16-6-5-14(22(24,25)26)10-17(16)33-20)11-13-8-12(2)18(15(23)9-13)19-28-21(31)32-29-19/h5-6,8-10,12,18H,3-4,7,11H2,1-2H3,(H,28,29,31). The second-order valence-electron chi connectivity index (χ2n) is 8.04. The van der Waals surface area contributed by atoms with Crippen molar-refractivity contribution in [3.8, 4) is 0 Å². The number of nitrogens with zero attached hydrogens (tertiary/aromatic N) is 3. The predicted molar refractivity (Wildman–Crippen MR) is 118 cm³/mol. The number of aromatic nitrogens is 3. The number of benzene rings is 1. The van der Waals surface area contributed by atoms with E-state index in [2.05, 4.69) is 19.6 Å². The van der Waals surface area contributed by atoms with Crippen molar-refractivity contribution < 1.29 is 22.1 Å². The van der Waals surface area contributed by atoms with Crippen LogP contribution in [0.2, 0.25) is 0 Å². The number of anilines is 1. The Morgan fingerprint density at radius 2 is 2.09 bits per heavy atom. The Morgan fingerprint density at radius 3 is 2.73 bits per heavy atom. The molecule has 2 aromatic heterocycles. The number of alkyl halides is 3. The van der Waals surface area contributed by atoms with Crippen LogP contribution in [-0.4, -0.2) is 28.2 Å². The van der Waals surface area contributed by atoms with Crippen molar-refractivity contribution >= 4 is 26.7 Å². The third-order valence-electron chi connectivity index (χ3n) is 5.50. The van der Waals surface area contributed by atoms with Crippen LogP contribution in [0.1, 0.15) is 44.0 Å². The number of fused-ring (bicyclic) bond motifs is 1. The summed E-state index contributed by atoms with van der Waals surface area (Å²) < 4.78 is 59.1. The molecule has 11 heteroatoms. The lowest BCUT2D eigenvalue weighted by molar-refractivity contribution is -0.137. The lowest BCUT2D eigenvalue weighted by Crippen LogP contribution is -2.28. The molecule has 0 amide bonds. The van der Waals surface area contributed by atoms with Gasteiger partial charge in [-0.15, -0.1) is 0 Å². The van der Waals surface area contributed by atoms with E-state index in [1.54, 1.807) is 0 Å². The van der Waals surface area contributed by atoms with Gasteiger partial charge in [-0.3, -0.25) is 9.51 Å². The maximum Gasteiger partial charge on any atom is 0.438 e. The van der Waals surface area contributed by atoms with Crippen molar-refractivity contribution in [3.05, 3.63) is 63.7 Å². The number of halogens is 4. The molecule has 2 unspecified atom stereocenters. The van der Waals surface area contributed by atoms with Crippen molar-refractivity contribution in [3.63, 3.8) is 0 Å². The molecule has 6 nitrogen and oxygen atoms in total. The van der Waals surface area contributed by atoms with E-state index in [1.165, 1.54) is 23.5 Å². The molecule has 0 bridgehead atoms. The van der Waals surface area contributed by atoms with E-state index in [-0.39, 0.29) is 11.7 Å². The molecule has 0 fully saturated rings. The molecule has 1 N–H and O–H groups in total. The molecule has 2 atom stereocenters. The average Bonchev–Trinajstić information content (AvgIpc) is 3.35. The van der Waals surface area contributed by atoms with Crippen molar-refractivity contribution in [1.82, 2.24) is 15.1 Å². The summed E-state index contributed by atoms with van der Waals surface area (Å²) in [6.07, 6.45) is 0.652. The Kier molecular flexibility index (Phi) is 6.42. The molecule has 0 spiro atoms. The van der Waals surface area contributed by atoms with Gasteiger partial charge in [0.2, 0.25) is 0 Å². The molecule has 3 aromatic rings. The van der Waals surface area contributed by atoms with Crippen LogP contribution in [0.5, 0.6) is 0 Å². The third kappa shape index (κ3) is 5.02. The van der Waals surface area contributed by atoms with E-state index < -0.39 is 29.2 Å². The van der Waals surface area contributed by atoms with Gasteiger partial charge in [-0.05, 0) is 42.2 Å². The number of thiazole rings is 1. The number of unbranched alkanes of at least 4 members (excludes halogenated alkanes) is 1. The first-order valence-corrected chi connectivity index (χ1v) is 11.3. The van der Waals surface area contributed by atoms with Gasteiger partial charge in [-0.2, -0.15) is 13.2 Å². The van der Waals surface area contributed by atoms with Gasteiger partial charge < -0.3 is 4.90 Å². The van der Waals surface area contributed by atoms with Gasteiger partial charge in [-0.1, -0.05) is 42.8 Å². The summed E-state index contributed by atoms with van der Waals surface area (Å²) in [7, 11) is 0. The third-order valence-corrected chi connectivity index (χ3v) is 6.58. The monoisotopic (exact) mass is 482 g/mol. The van der Waals surface area contributed by atoms with Crippen LogP contribution in [0.15, 0.2) is 51.1 Å². The maximum atomic E-state index is 15.0. The maximum absolute atomic E-state index is 15.0. The van der Waals surface area contributed by atoms with E-state index in [9.17, 15) is 22.4 Å². The smallest absolute Gasteiger partial charge is 0.344 e. The Morgan fingerprint density at radius 1 is 1.30 bits per heavy atom. The predicted octanol–water partition coefficient (Wildman–Crippen LogP) is 5.81. The SMILES string of the molecule is CCCCN(CC1=CC(C)C(c2noc(=O)[nH]2)C(F)=C1)c1nc2ccc(C(F)(F)F)cc2s1. The van der Waals surface area contributed by atoms with Gasteiger partial charge in [0, 0.05) is 13.1 Å². The molecular formula is C22H22F4N4O2S. The first-order valence-electron chi connectivity index (χ1n) is 10.5. The minimum absolute atomic E-state index is 0.131. The van der Waals surface area contributed by atoms with Crippen molar-refractivity contribution in [2.45, 2.75) is 38.8 Å². The quantitative estimate of drug-likeness (QED) is 0.430. The summed E-state index contributed by atoms with van der Waals surface area (Å²) in [6, 6.07) is 3.51. The summed E-state index contributed by atoms with van der Waals surface area (Å²) in [5.74, 6) is -2.09. The Hall–Kier alpha value is -2.95. The van der Waals surface area contributed by atoms with Crippen LogP contribution in [0.25, 0.3) is 10.2 Å². The molecule has 0 saturated carbocycles. The zero-order valence-corrected chi connectivity index (χ0v) is 18.8. The Labute approximate surface area is 190 Å². The number of nitrogens with one attached hydrogen (secondary N) is 1. The fraction of sp³-hybridized carbons (Fsp3) is 0.409. The summed E-state index contributed by atoms with van der Waals surface area (Å²) in [6.45, 7) is 4.84. The first-order chi connectivity index (χ1) is 15.7. The first kappa shape index (κ1) is 23.2. The molecule has 1 aromatic carbocycles. The fourth-order valence-corrected chi connectivity index (χ4v) is 4.92. The number of allylic oxidation sites excluding steroid dienone is 2. The van der Waals surface area contributed by atoms with Crippen LogP contribution >= 0.6 is 11.3 Å². The molecule has 0 aliphatic heterocycles. The lowest BCUT2D eigenvalue weighted by Gasteiger charge is -2.27. The normalized spacial score (nSPS) is 19.0. The highest BCUT2D eigenvalue weighted by Crippen LogP contribution is 2.38. The number of rotatable bonds is 7. The highest BCUT2D eigenvalue weighted by atomic mass is 32.1. The molecule has 176 valence electrons. The Bertz CT molecular complexity index is 1260. The average molecular weight is 483 g/mol. The zero-order valence-electron chi connectivity index (χ0n) is 17.9. The number of aromatic amines is 1. The highest BCUT2D eigenvalue weighted by molar-refractivity contribution is 7.22. The van der Waals surface area contributed by atoms with Crippen LogP contribution in [0.3, 0.4) is 0 Å². The van der Waals surface area contributed by atoms with Crippen LogP contribution in [0.4, 0.5) is 22.7 Å². The topological polar surface area (TPSA) is 75.0 Å². The van der Waals surface area contributed by atoms with E-state index in [0.29, 0.717) is 34.0 Å². The second-order valence-corrected chi connectivity index (χ2v) is 9.05. The van der Waals surface area contributed by atoms with Gasteiger partial charge in [0.05, 0.1) is 21.7 Å². The summed E-state index contributed by atoms with van der Waals surface area (Å²) in [5, 5.41) is 4.20. The molecule has 2 heterocycles. The van der Waals surface area contributed by atoms with Crippen molar-refractivity contribution in [2.75, 3.05) is 18.0 Å². The summed E-state index contributed by atoms with van der Waals surface area (Å²) in [4.78, 5) is 20.1. The fourth-order valence-electron chi connectivity index (χ4n) is 3.89.